The summed E-state index contributed by atoms with van der Waals surface area (Å²) in [4.78, 5) is 14.4. The second-order valence-electron chi connectivity index (χ2n) is 5.86. The minimum Gasteiger partial charge on any atom is -0.338 e. The predicted molar refractivity (Wildman–Crippen MR) is 76.1 cm³/mol. The maximum Gasteiger partial charge on any atom is 0.253 e. The Morgan fingerprint density at radius 3 is 2.70 bits per heavy atom. The Morgan fingerprint density at radius 2 is 2.00 bits per heavy atom. The Hall–Kier alpha value is -1.42. The molecule has 2 saturated heterocycles. The SMILES string of the molecule is O=C(c1ccc(F)cc1)N1CCCC(C2CCCN2)C1. The summed E-state index contributed by atoms with van der Waals surface area (Å²) in [5, 5.41) is 3.55. The van der Waals surface area contributed by atoms with Crippen molar-refractivity contribution < 1.29 is 9.18 Å². The van der Waals surface area contributed by atoms with Crippen LogP contribution >= 0.6 is 0 Å². The average molecular weight is 276 g/mol. The first kappa shape index (κ1) is 13.6. The molecular formula is C16H21FN2O. The Kier molecular flexibility index (Phi) is 4.01. The second kappa shape index (κ2) is 5.92. The van der Waals surface area contributed by atoms with Crippen molar-refractivity contribution in [1.29, 1.82) is 0 Å². The molecule has 3 nitrogen and oxygen atoms in total. The van der Waals surface area contributed by atoms with Crippen LogP contribution in [0.1, 0.15) is 36.0 Å². The molecule has 2 unspecified atom stereocenters. The molecule has 1 aromatic carbocycles. The van der Waals surface area contributed by atoms with Crippen LogP contribution in [0.4, 0.5) is 4.39 Å². The van der Waals surface area contributed by atoms with E-state index in [-0.39, 0.29) is 11.7 Å². The summed E-state index contributed by atoms with van der Waals surface area (Å²) in [6.07, 6.45) is 4.73. The molecule has 0 aromatic heterocycles. The van der Waals surface area contributed by atoms with E-state index in [4.69, 9.17) is 0 Å². The van der Waals surface area contributed by atoms with Crippen molar-refractivity contribution in [3.8, 4) is 0 Å². The first-order valence-corrected chi connectivity index (χ1v) is 7.52. The van der Waals surface area contributed by atoms with Gasteiger partial charge in [0, 0.05) is 24.7 Å². The molecule has 2 fully saturated rings. The smallest absolute Gasteiger partial charge is 0.253 e. The first-order chi connectivity index (χ1) is 9.74. The lowest BCUT2D eigenvalue weighted by Crippen LogP contribution is -2.45. The lowest BCUT2D eigenvalue weighted by atomic mass is 9.89. The van der Waals surface area contributed by atoms with E-state index < -0.39 is 0 Å². The van der Waals surface area contributed by atoms with Gasteiger partial charge in [0.05, 0.1) is 0 Å². The number of amides is 1. The average Bonchev–Trinajstić information content (AvgIpc) is 3.02. The van der Waals surface area contributed by atoms with E-state index in [2.05, 4.69) is 5.32 Å². The summed E-state index contributed by atoms with van der Waals surface area (Å²) < 4.78 is 12.9. The number of piperidine rings is 1. The van der Waals surface area contributed by atoms with Crippen molar-refractivity contribution in [2.45, 2.75) is 31.7 Å². The van der Waals surface area contributed by atoms with Crippen LogP contribution in [0, 0.1) is 11.7 Å². The van der Waals surface area contributed by atoms with E-state index in [0.717, 1.165) is 26.1 Å². The summed E-state index contributed by atoms with van der Waals surface area (Å²) in [6, 6.07) is 6.43. The molecular weight excluding hydrogens is 255 g/mol. The van der Waals surface area contributed by atoms with E-state index in [1.807, 2.05) is 4.90 Å². The monoisotopic (exact) mass is 276 g/mol. The topological polar surface area (TPSA) is 32.3 Å². The van der Waals surface area contributed by atoms with Crippen LogP contribution in [0.3, 0.4) is 0 Å². The first-order valence-electron chi connectivity index (χ1n) is 7.52. The molecule has 0 bridgehead atoms. The molecule has 2 aliphatic rings. The van der Waals surface area contributed by atoms with Crippen molar-refractivity contribution in [2.75, 3.05) is 19.6 Å². The van der Waals surface area contributed by atoms with Gasteiger partial charge in [-0.15, -0.1) is 0 Å². The maximum absolute atomic E-state index is 12.9. The number of carbonyl (C=O) groups is 1. The minimum atomic E-state index is -0.298. The molecule has 2 heterocycles. The molecule has 108 valence electrons. The third kappa shape index (κ3) is 2.85. The molecule has 20 heavy (non-hydrogen) atoms. The van der Waals surface area contributed by atoms with Crippen LogP contribution in [-0.4, -0.2) is 36.5 Å². The fourth-order valence-electron chi connectivity index (χ4n) is 3.41. The Bertz CT molecular complexity index is 468. The van der Waals surface area contributed by atoms with Gasteiger partial charge in [-0.05, 0) is 62.4 Å². The predicted octanol–water partition coefficient (Wildman–Crippen LogP) is 2.43. The highest BCUT2D eigenvalue weighted by molar-refractivity contribution is 5.94. The summed E-state index contributed by atoms with van der Waals surface area (Å²) in [7, 11) is 0. The number of hydrogen-bond donors (Lipinski definition) is 1. The van der Waals surface area contributed by atoms with Crippen molar-refractivity contribution in [3.05, 3.63) is 35.6 Å². The zero-order chi connectivity index (χ0) is 13.9. The highest BCUT2D eigenvalue weighted by Crippen LogP contribution is 2.25. The maximum atomic E-state index is 12.9. The van der Waals surface area contributed by atoms with E-state index in [1.54, 1.807) is 12.1 Å². The highest BCUT2D eigenvalue weighted by Gasteiger charge is 2.31. The van der Waals surface area contributed by atoms with Gasteiger partial charge in [0.15, 0.2) is 0 Å². The molecule has 1 aromatic rings. The van der Waals surface area contributed by atoms with Crippen molar-refractivity contribution in [1.82, 2.24) is 10.2 Å². The molecule has 0 spiro atoms. The van der Waals surface area contributed by atoms with Gasteiger partial charge < -0.3 is 10.2 Å². The molecule has 2 atom stereocenters. The molecule has 2 aliphatic heterocycles. The quantitative estimate of drug-likeness (QED) is 0.900. The number of carbonyl (C=O) groups excluding carboxylic acids is 1. The van der Waals surface area contributed by atoms with E-state index in [1.165, 1.54) is 31.4 Å². The third-order valence-electron chi connectivity index (χ3n) is 4.50. The molecule has 4 heteroatoms. The highest BCUT2D eigenvalue weighted by atomic mass is 19.1. The number of likely N-dealkylation sites (tertiary alicyclic amines) is 1. The van der Waals surface area contributed by atoms with Crippen molar-refractivity contribution in [2.24, 2.45) is 5.92 Å². The lowest BCUT2D eigenvalue weighted by molar-refractivity contribution is 0.0651. The number of benzene rings is 1. The Morgan fingerprint density at radius 1 is 1.20 bits per heavy atom. The van der Waals surface area contributed by atoms with Gasteiger partial charge in [0.1, 0.15) is 5.82 Å². The van der Waals surface area contributed by atoms with Gasteiger partial charge in [-0.2, -0.15) is 0 Å². The Balaban J connectivity index is 1.66. The summed E-state index contributed by atoms with van der Waals surface area (Å²) in [5.74, 6) is 0.302. The molecule has 0 saturated carbocycles. The van der Waals surface area contributed by atoms with Crippen LogP contribution in [0.5, 0.6) is 0 Å². The number of nitrogens with one attached hydrogen (secondary N) is 1. The zero-order valence-electron chi connectivity index (χ0n) is 11.6. The van der Waals surface area contributed by atoms with E-state index >= 15 is 0 Å². The van der Waals surface area contributed by atoms with Gasteiger partial charge in [0.25, 0.3) is 5.91 Å². The minimum absolute atomic E-state index is 0.0349. The van der Waals surface area contributed by atoms with Crippen LogP contribution in [0.15, 0.2) is 24.3 Å². The van der Waals surface area contributed by atoms with Gasteiger partial charge in [-0.3, -0.25) is 4.79 Å². The van der Waals surface area contributed by atoms with Gasteiger partial charge in [-0.1, -0.05) is 0 Å². The third-order valence-corrected chi connectivity index (χ3v) is 4.50. The molecule has 0 aliphatic carbocycles. The number of halogens is 1. The van der Waals surface area contributed by atoms with Crippen LogP contribution in [0.25, 0.3) is 0 Å². The van der Waals surface area contributed by atoms with Gasteiger partial charge in [-0.25, -0.2) is 4.39 Å². The largest absolute Gasteiger partial charge is 0.338 e. The molecule has 3 rings (SSSR count). The lowest BCUT2D eigenvalue weighted by Gasteiger charge is -2.36. The summed E-state index contributed by atoms with van der Waals surface area (Å²) in [5.41, 5.74) is 0.589. The second-order valence-corrected chi connectivity index (χ2v) is 5.86. The van der Waals surface area contributed by atoms with Crippen LogP contribution in [-0.2, 0) is 0 Å². The number of hydrogen-bond acceptors (Lipinski definition) is 2. The fraction of sp³-hybridized carbons (Fsp3) is 0.562. The van der Waals surface area contributed by atoms with Crippen LogP contribution < -0.4 is 5.32 Å². The molecule has 0 radical (unpaired) electrons. The van der Waals surface area contributed by atoms with Gasteiger partial charge >= 0.3 is 0 Å². The fourth-order valence-corrected chi connectivity index (χ4v) is 3.41. The Labute approximate surface area is 119 Å². The normalized spacial score (nSPS) is 26.8. The van der Waals surface area contributed by atoms with Crippen LogP contribution in [0.2, 0.25) is 0 Å². The molecule has 1 N–H and O–H groups in total. The van der Waals surface area contributed by atoms with E-state index in [9.17, 15) is 9.18 Å². The number of rotatable bonds is 2. The van der Waals surface area contributed by atoms with E-state index in [0.29, 0.717) is 17.5 Å². The molecule has 1 amide bonds. The van der Waals surface area contributed by atoms with Crippen molar-refractivity contribution in [3.63, 3.8) is 0 Å². The zero-order valence-corrected chi connectivity index (χ0v) is 11.6. The summed E-state index contributed by atoms with van der Waals surface area (Å²) in [6.45, 7) is 2.75. The number of nitrogens with zero attached hydrogens (tertiary/aromatic N) is 1. The summed E-state index contributed by atoms with van der Waals surface area (Å²) >= 11 is 0. The van der Waals surface area contributed by atoms with Crippen molar-refractivity contribution >= 4 is 5.91 Å². The standard InChI is InChI=1S/C16H21FN2O/c17-14-7-5-12(6-8-14)16(20)19-10-2-3-13(11-19)15-4-1-9-18-15/h5-8,13,15,18H,1-4,9-11H2. The van der Waals surface area contributed by atoms with Gasteiger partial charge in [0.2, 0.25) is 0 Å².